The van der Waals surface area contributed by atoms with Crippen LogP contribution in [0, 0.1) is 6.92 Å². The highest BCUT2D eigenvalue weighted by molar-refractivity contribution is 5.99. The number of carbonyl (C=O) groups is 1. The second kappa shape index (κ2) is 9.81. The van der Waals surface area contributed by atoms with Crippen LogP contribution in [0.3, 0.4) is 0 Å². The third kappa shape index (κ3) is 5.39. The summed E-state index contributed by atoms with van der Waals surface area (Å²) in [6, 6.07) is 17.9. The number of aryl methyl sites for hydroxylation is 1. The number of rotatable bonds is 5. The zero-order valence-corrected chi connectivity index (χ0v) is 21.4. The summed E-state index contributed by atoms with van der Waals surface area (Å²) in [7, 11) is 0. The first-order valence-corrected chi connectivity index (χ1v) is 12.0. The molecular formula is C28H27N7O3. The molecule has 0 fully saturated rings. The highest BCUT2D eigenvalue weighted by Gasteiger charge is 2.21. The van der Waals surface area contributed by atoms with Gasteiger partial charge in [0, 0.05) is 35.5 Å². The molecular weight excluding hydrogens is 482 g/mol. The summed E-state index contributed by atoms with van der Waals surface area (Å²) in [4.78, 5) is 35.6. The van der Waals surface area contributed by atoms with Crippen LogP contribution < -0.4 is 20.9 Å². The maximum atomic E-state index is 13.0. The number of benzene rings is 2. The number of urea groups is 1. The summed E-state index contributed by atoms with van der Waals surface area (Å²) < 4.78 is 7.70. The van der Waals surface area contributed by atoms with E-state index < -0.39 is 6.03 Å². The van der Waals surface area contributed by atoms with Crippen LogP contribution in [0.2, 0.25) is 0 Å². The number of amides is 2. The zero-order valence-electron chi connectivity index (χ0n) is 21.4. The van der Waals surface area contributed by atoms with Crippen molar-refractivity contribution in [1.82, 2.24) is 24.7 Å². The molecule has 0 aliphatic heterocycles. The second-order valence-corrected chi connectivity index (χ2v) is 9.88. The lowest BCUT2D eigenvalue weighted by atomic mass is 9.92. The number of aromatic amines is 1. The lowest BCUT2D eigenvalue weighted by Gasteiger charge is -2.14. The number of H-pyrrole nitrogens is 1. The number of fused-ring (bicyclic) bond motifs is 1. The van der Waals surface area contributed by atoms with Crippen molar-refractivity contribution in [3.63, 3.8) is 0 Å². The van der Waals surface area contributed by atoms with E-state index in [1.54, 1.807) is 41.2 Å². The number of aromatic nitrogens is 5. The predicted octanol–water partition coefficient (Wildman–Crippen LogP) is 5.55. The Balaban J connectivity index is 1.36. The summed E-state index contributed by atoms with van der Waals surface area (Å²) in [5, 5.41) is 10.5. The fourth-order valence-electron chi connectivity index (χ4n) is 3.77. The Morgan fingerprint density at radius 1 is 1.00 bits per heavy atom. The van der Waals surface area contributed by atoms with Crippen molar-refractivity contribution in [2.45, 2.75) is 33.1 Å². The molecule has 10 nitrogen and oxygen atoms in total. The monoisotopic (exact) mass is 509 g/mol. The molecule has 0 saturated heterocycles. The van der Waals surface area contributed by atoms with Crippen LogP contribution in [-0.2, 0) is 5.41 Å². The van der Waals surface area contributed by atoms with E-state index in [0.717, 1.165) is 23.1 Å². The minimum Gasteiger partial charge on any atom is -0.455 e. The fourth-order valence-corrected chi connectivity index (χ4v) is 3.77. The van der Waals surface area contributed by atoms with Gasteiger partial charge in [-0.2, -0.15) is 5.10 Å². The molecule has 0 aliphatic rings. The molecule has 0 aliphatic carbocycles. The van der Waals surface area contributed by atoms with Crippen LogP contribution in [-0.4, -0.2) is 30.8 Å². The molecule has 10 heteroatoms. The van der Waals surface area contributed by atoms with Gasteiger partial charge in [-0.05, 0) is 31.2 Å². The van der Waals surface area contributed by atoms with Crippen LogP contribution in [0.15, 0.2) is 77.9 Å². The van der Waals surface area contributed by atoms with Gasteiger partial charge in [0.05, 0.1) is 17.6 Å². The van der Waals surface area contributed by atoms with Gasteiger partial charge in [-0.25, -0.2) is 19.4 Å². The van der Waals surface area contributed by atoms with Crippen molar-refractivity contribution in [2.75, 3.05) is 10.6 Å². The Kier molecular flexibility index (Phi) is 6.38. The first-order chi connectivity index (χ1) is 18.2. The molecule has 0 spiro atoms. The largest absolute Gasteiger partial charge is 0.455 e. The van der Waals surface area contributed by atoms with Gasteiger partial charge in [-0.15, -0.1) is 0 Å². The number of carbonyl (C=O) groups excluding carboxylic acids is 1. The van der Waals surface area contributed by atoms with Crippen LogP contribution in [0.5, 0.6) is 11.5 Å². The first kappa shape index (κ1) is 24.7. The molecule has 2 amide bonds. The lowest BCUT2D eigenvalue weighted by Crippen LogP contribution is -2.21. The van der Waals surface area contributed by atoms with E-state index in [9.17, 15) is 9.59 Å². The van der Waals surface area contributed by atoms with Crippen LogP contribution in [0.1, 0.15) is 32.0 Å². The molecule has 38 heavy (non-hydrogen) atoms. The predicted molar refractivity (Wildman–Crippen MR) is 146 cm³/mol. The topological polar surface area (TPSA) is 127 Å². The molecule has 3 N–H and O–H groups in total. The molecule has 0 saturated carbocycles. The Morgan fingerprint density at radius 2 is 1.79 bits per heavy atom. The smallest absolute Gasteiger partial charge is 0.324 e. The van der Waals surface area contributed by atoms with Crippen molar-refractivity contribution in [2.24, 2.45) is 0 Å². The van der Waals surface area contributed by atoms with E-state index >= 15 is 0 Å². The van der Waals surface area contributed by atoms with Gasteiger partial charge < -0.3 is 15.0 Å². The third-order valence-electron chi connectivity index (χ3n) is 5.76. The number of hydrogen-bond acceptors (Lipinski definition) is 6. The summed E-state index contributed by atoms with van der Waals surface area (Å²) in [5.74, 6) is 1.39. The van der Waals surface area contributed by atoms with Gasteiger partial charge in [0.1, 0.15) is 17.1 Å². The maximum absolute atomic E-state index is 13.0. The van der Waals surface area contributed by atoms with Crippen molar-refractivity contribution in [1.29, 1.82) is 0 Å². The number of hydrogen-bond donors (Lipinski definition) is 3. The lowest BCUT2D eigenvalue weighted by molar-refractivity contribution is 0.262. The van der Waals surface area contributed by atoms with Gasteiger partial charge >= 0.3 is 6.03 Å². The van der Waals surface area contributed by atoms with E-state index in [2.05, 4.69) is 46.4 Å². The fraction of sp³-hybridized carbons (Fsp3) is 0.179. The summed E-state index contributed by atoms with van der Waals surface area (Å²) in [6.45, 7) is 8.23. The van der Waals surface area contributed by atoms with Crippen LogP contribution in [0.25, 0.3) is 16.9 Å². The number of anilines is 2. The van der Waals surface area contributed by atoms with E-state index in [4.69, 9.17) is 9.84 Å². The van der Waals surface area contributed by atoms with E-state index in [0.29, 0.717) is 34.2 Å². The van der Waals surface area contributed by atoms with E-state index in [1.165, 1.54) is 0 Å². The standard InChI is InChI=1S/C28H27N7O3/c1-17-8-10-19(11-9-17)35-23(15-22(34-35)28(2,3)4)32-27(37)31-18-6-5-7-20(14-18)38-21-12-13-29-26-25(21)33-24(36)16-30-26/h5-16H,1-4H3,(H,33,36)(H2,31,32,37). The summed E-state index contributed by atoms with van der Waals surface area (Å²) in [6.07, 6.45) is 2.71. The summed E-state index contributed by atoms with van der Waals surface area (Å²) >= 11 is 0. The highest BCUT2D eigenvalue weighted by Crippen LogP contribution is 2.29. The zero-order chi connectivity index (χ0) is 26.9. The molecule has 0 radical (unpaired) electrons. The van der Waals surface area contributed by atoms with Crippen molar-refractivity contribution >= 4 is 28.7 Å². The molecule has 192 valence electrons. The molecule has 5 aromatic rings. The van der Waals surface area contributed by atoms with Gasteiger partial charge in [-0.1, -0.05) is 44.5 Å². The van der Waals surface area contributed by atoms with Crippen molar-refractivity contribution in [3.8, 4) is 17.2 Å². The third-order valence-corrected chi connectivity index (χ3v) is 5.76. The second-order valence-electron chi connectivity index (χ2n) is 9.88. The van der Waals surface area contributed by atoms with Crippen molar-refractivity contribution < 1.29 is 9.53 Å². The molecule has 5 rings (SSSR count). The number of pyridine rings is 1. The van der Waals surface area contributed by atoms with Gasteiger partial charge in [0.15, 0.2) is 11.4 Å². The molecule has 2 aromatic carbocycles. The number of nitrogens with one attached hydrogen (secondary N) is 3. The molecule has 0 atom stereocenters. The molecule has 0 bridgehead atoms. The average Bonchev–Trinajstić information content (AvgIpc) is 3.29. The first-order valence-electron chi connectivity index (χ1n) is 12.0. The van der Waals surface area contributed by atoms with Gasteiger partial charge in [-0.3, -0.25) is 10.1 Å². The van der Waals surface area contributed by atoms with Gasteiger partial charge in [0.2, 0.25) is 0 Å². The quantitative estimate of drug-likeness (QED) is 0.285. The highest BCUT2D eigenvalue weighted by atomic mass is 16.5. The Labute approximate surface area is 218 Å². The van der Waals surface area contributed by atoms with Crippen LogP contribution >= 0.6 is 0 Å². The summed E-state index contributed by atoms with van der Waals surface area (Å²) in [5.41, 5.74) is 3.52. The van der Waals surface area contributed by atoms with Gasteiger partial charge in [0.25, 0.3) is 5.56 Å². The maximum Gasteiger partial charge on any atom is 0.324 e. The SMILES string of the molecule is Cc1ccc(-n2nc(C(C)(C)C)cc2NC(=O)Nc2cccc(Oc3ccnc4ncc(=O)[nH]c34)c2)cc1. The Bertz CT molecular complexity index is 1680. The Hall–Kier alpha value is -4.99. The van der Waals surface area contributed by atoms with Crippen LogP contribution in [0.4, 0.5) is 16.3 Å². The van der Waals surface area contributed by atoms with Crippen molar-refractivity contribution in [3.05, 3.63) is 94.7 Å². The molecule has 3 heterocycles. The molecule has 0 unspecified atom stereocenters. The minimum atomic E-state index is -0.432. The normalized spacial score (nSPS) is 11.4. The average molecular weight is 510 g/mol. The minimum absolute atomic E-state index is 0.203. The Morgan fingerprint density at radius 3 is 2.55 bits per heavy atom. The van der Waals surface area contributed by atoms with E-state index in [1.807, 2.05) is 37.3 Å². The number of ether oxygens (including phenoxy) is 1. The number of nitrogens with zero attached hydrogens (tertiary/aromatic N) is 4. The molecule has 3 aromatic heterocycles. The van der Waals surface area contributed by atoms with E-state index in [-0.39, 0.29) is 11.0 Å².